The Morgan fingerprint density at radius 1 is 1.00 bits per heavy atom. The number of nitrogens with one attached hydrogen (secondary N) is 1. The maximum atomic E-state index is 12.6. The monoisotopic (exact) mass is 375 g/mol. The number of carbonyl (C=O) groups excluding carboxylic acids is 2. The van der Waals surface area contributed by atoms with Gasteiger partial charge in [-0.2, -0.15) is 0 Å². The standard InChI is InChI=1S/C19H13N5O2S/c25-12-24(15-4-5-16-17(11-15)21-7-6-20-16)19(26)23-14-3-1-2-13(10-14)18-22-8-9-27-18/h1-12H,(H,23,26). The lowest BCUT2D eigenvalue weighted by atomic mass is 10.2. The number of urea groups is 1. The van der Waals surface area contributed by atoms with Crippen LogP contribution >= 0.6 is 11.3 Å². The molecule has 0 saturated heterocycles. The highest BCUT2D eigenvalue weighted by Gasteiger charge is 2.16. The van der Waals surface area contributed by atoms with E-state index in [1.165, 1.54) is 11.3 Å². The smallest absolute Gasteiger partial charge is 0.307 e. The van der Waals surface area contributed by atoms with Crippen molar-refractivity contribution in [2.24, 2.45) is 0 Å². The number of nitrogens with zero attached hydrogens (tertiary/aromatic N) is 4. The molecule has 4 aromatic rings. The lowest BCUT2D eigenvalue weighted by Crippen LogP contribution is -2.33. The number of benzene rings is 2. The lowest BCUT2D eigenvalue weighted by Gasteiger charge is -2.17. The molecule has 0 saturated carbocycles. The van der Waals surface area contributed by atoms with Crippen molar-refractivity contribution in [1.29, 1.82) is 0 Å². The zero-order chi connectivity index (χ0) is 18.6. The Balaban J connectivity index is 1.58. The van der Waals surface area contributed by atoms with Crippen molar-refractivity contribution in [3.63, 3.8) is 0 Å². The second-order valence-corrected chi connectivity index (χ2v) is 6.45. The van der Waals surface area contributed by atoms with Crippen LogP contribution in [0.2, 0.25) is 0 Å². The van der Waals surface area contributed by atoms with Crippen molar-refractivity contribution in [3.05, 3.63) is 66.4 Å². The molecule has 2 aromatic carbocycles. The van der Waals surface area contributed by atoms with Gasteiger partial charge in [0.1, 0.15) is 5.01 Å². The third-order valence-corrected chi connectivity index (χ3v) is 4.67. The zero-order valence-electron chi connectivity index (χ0n) is 13.9. The van der Waals surface area contributed by atoms with Crippen LogP contribution in [0.3, 0.4) is 0 Å². The Labute approximate surface area is 158 Å². The molecule has 27 heavy (non-hydrogen) atoms. The van der Waals surface area contributed by atoms with Crippen LogP contribution in [0.15, 0.2) is 66.4 Å². The molecule has 4 rings (SSSR count). The first-order valence-corrected chi connectivity index (χ1v) is 8.89. The molecule has 7 nitrogen and oxygen atoms in total. The van der Waals surface area contributed by atoms with E-state index in [1.807, 2.05) is 23.6 Å². The maximum Gasteiger partial charge on any atom is 0.332 e. The van der Waals surface area contributed by atoms with Crippen molar-refractivity contribution < 1.29 is 9.59 Å². The van der Waals surface area contributed by atoms with Gasteiger partial charge < -0.3 is 5.32 Å². The SMILES string of the molecule is O=CN(C(=O)Nc1cccc(-c2nccs2)c1)c1ccc2nccnc2c1. The molecule has 0 aliphatic rings. The summed E-state index contributed by atoms with van der Waals surface area (Å²) < 4.78 is 0. The Morgan fingerprint density at radius 3 is 2.63 bits per heavy atom. The third kappa shape index (κ3) is 3.51. The summed E-state index contributed by atoms with van der Waals surface area (Å²) in [6, 6.07) is 11.7. The zero-order valence-corrected chi connectivity index (χ0v) is 14.8. The van der Waals surface area contributed by atoms with Crippen LogP contribution in [0.5, 0.6) is 0 Å². The van der Waals surface area contributed by atoms with Crippen molar-refractivity contribution in [2.75, 3.05) is 10.2 Å². The molecule has 0 atom stereocenters. The van der Waals surface area contributed by atoms with E-state index in [4.69, 9.17) is 0 Å². The molecule has 0 unspecified atom stereocenters. The molecule has 3 amide bonds. The quantitative estimate of drug-likeness (QED) is 0.546. The summed E-state index contributed by atoms with van der Waals surface area (Å²) in [4.78, 5) is 37.8. The summed E-state index contributed by atoms with van der Waals surface area (Å²) >= 11 is 1.51. The van der Waals surface area contributed by atoms with Crippen molar-refractivity contribution in [3.8, 4) is 10.6 Å². The number of fused-ring (bicyclic) bond motifs is 1. The number of hydrogen-bond acceptors (Lipinski definition) is 6. The van der Waals surface area contributed by atoms with Crippen LogP contribution in [0.1, 0.15) is 0 Å². The van der Waals surface area contributed by atoms with Gasteiger partial charge in [-0.25, -0.2) is 14.7 Å². The highest BCUT2D eigenvalue weighted by molar-refractivity contribution is 7.13. The number of rotatable bonds is 4. The van der Waals surface area contributed by atoms with Crippen LogP contribution in [0, 0.1) is 0 Å². The number of carbonyl (C=O) groups is 2. The molecule has 132 valence electrons. The van der Waals surface area contributed by atoms with E-state index in [0.29, 0.717) is 28.8 Å². The molecule has 0 bridgehead atoms. The fourth-order valence-electron chi connectivity index (χ4n) is 2.61. The van der Waals surface area contributed by atoms with Crippen LogP contribution < -0.4 is 10.2 Å². The van der Waals surface area contributed by atoms with Crippen LogP contribution in [-0.4, -0.2) is 27.4 Å². The topological polar surface area (TPSA) is 88.1 Å². The van der Waals surface area contributed by atoms with Gasteiger partial charge in [0.2, 0.25) is 6.41 Å². The van der Waals surface area contributed by atoms with Gasteiger partial charge in [0, 0.05) is 35.2 Å². The van der Waals surface area contributed by atoms with Gasteiger partial charge in [0.05, 0.1) is 16.7 Å². The van der Waals surface area contributed by atoms with Gasteiger partial charge >= 0.3 is 6.03 Å². The first kappa shape index (κ1) is 16.8. The van der Waals surface area contributed by atoms with E-state index in [2.05, 4.69) is 20.3 Å². The summed E-state index contributed by atoms with van der Waals surface area (Å²) in [5, 5.41) is 5.48. The minimum Gasteiger partial charge on any atom is -0.307 e. The summed E-state index contributed by atoms with van der Waals surface area (Å²) in [5.41, 5.74) is 3.15. The predicted octanol–water partition coefficient (Wildman–Crippen LogP) is 3.95. The summed E-state index contributed by atoms with van der Waals surface area (Å²) in [7, 11) is 0. The van der Waals surface area contributed by atoms with E-state index in [0.717, 1.165) is 15.5 Å². The highest BCUT2D eigenvalue weighted by Crippen LogP contribution is 2.25. The first-order chi connectivity index (χ1) is 13.2. The molecular weight excluding hydrogens is 362 g/mol. The van der Waals surface area contributed by atoms with Crippen LogP contribution in [0.4, 0.5) is 16.2 Å². The maximum absolute atomic E-state index is 12.6. The molecule has 1 N–H and O–H groups in total. The van der Waals surface area contributed by atoms with Crippen molar-refractivity contribution in [1.82, 2.24) is 15.0 Å². The van der Waals surface area contributed by atoms with Gasteiger partial charge in [0.25, 0.3) is 0 Å². The molecule has 0 radical (unpaired) electrons. The van der Waals surface area contributed by atoms with Gasteiger partial charge in [-0.3, -0.25) is 14.8 Å². The van der Waals surface area contributed by atoms with E-state index in [1.54, 1.807) is 42.9 Å². The molecule has 8 heteroatoms. The largest absolute Gasteiger partial charge is 0.332 e. The number of thiazole rings is 1. The molecule has 0 aliphatic heterocycles. The summed E-state index contributed by atoms with van der Waals surface area (Å²) in [6.45, 7) is 0. The van der Waals surface area contributed by atoms with Gasteiger partial charge in [-0.15, -0.1) is 11.3 Å². The Bertz CT molecular complexity index is 1110. The number of anilines is 2. The second kappa shape index (κ2) is 7.30. The summed E-state index contributed by atoms with van der Waals surface area (Å²) in [5.74, 6) is 0. The average molecular weight is 375 g/mol. The van der Waals surface area contributed by atoms with E-state index in [-0.39, 0.29) is 0 Å². The number of aromatic nitrogens is 3. The Hall–Kier alpha value is -3.65. The van der Waals surface area contributed by atoms with Crippen LogP contribution in [0.25, 0.3) is 21.6 Å². The first-order valence-electron chi connectivity index (χ1n) is 8.01. The average Bonchev–Trinajstić information content (AvgIpc) is 3.23. The van der Waals surface area contributed by atoms with E-state index in [9.17, 15) is 9.59 Å². The highest BCUT2D eigenvalue weighted by atomic mass is 32.1. The van der Waals surface area contributed by atoms with Gasteiger partial charge in [-0.1, -0.05) is 12.1 Å². The lowest BCUT2D eigenvalue weighted by molar-refractivity contribution is -0.106. The minimum atomic E-state index is -0.565. The van der Waals surface area contributed by atoms with Crippen molar-refractivity contribution >= 4 is 46.2 Å². The Kier molecular flexibility index (Phi) is 4.54. The molecule has 0 fully saturated rings. The van der Waals surface area contributed by atoms with Gasteiger partial charge in [-0.05, 0) is 30.3 Å². The minimum absolute atomic E-state index is 0.409. The van der Waals surface area contributed by atoms with E-state index >= 15 is 0 Å². The molecular formula is C19H13N5O2S. The fraction of sp³-hybridized carbons (Fsp3) is 0. The third-order valence-electron chi connectivity index (χ3n) is 3.85. The number of imide groups is 1. The molecule has 0 spiro atoms. The van der Waals surface area contributed by atoms with Crippen LogP contribution in [-0.2, 0) is 4.79 Å². The number of amides is 3. The van der Waals surface area contributed by atoms with E-state index < -0.39 is 6.03 Å². The Morgan fingerprint density at radius 2 is 1.85 bits per heavy atom. The molecule has 2 heterocycles. The molecule has 2 aromatic heterocycles. The fourth-order valence-corrected chi connectivity index (χ4v) is 3.24. The van der Waals surface area contributed by atoms with Crippen molar-refractivity contribution in [2.45, 2.75) is 0 Å². The molecule has 0 aliphatic carbocycles. The van der Waals surface area contributed by atoms with Gasteiger partial charge in [0.15, 0.2) is 0 Å². The normalized spacial score (nSPS) is 10.5. The number of hydrogen-bond donors (Lipinski definition) is 1. The second-order valence-electron chi connectivity index (χ2n) is 5.55. The summed E-state index contributed by atoms with van der Waals surface area (Å²) in [6.07, 6.45) is 5.34. The predicted molar refractivity (Wildman–Crippen MR) is 105 cm³/mol.